The van der Waals surface area contributed by atoms with E-state index in [4.69, 9.17) is 4.74 Å². The topological polar surface area (TPSA) is 70.7 Å². The molecule has 6 heteroatoms. The molecule has 0 radical (unpaired) electrons. The molecule has 1 heterocycles. The van der Waals surface area contributed by atoms with E-state index in [1.807, 2.05) is 27.7 Å². The van der Waals surface area contributed by atoms with Crippen LogP contribution in [0.4, 0.5) is 4.79 Å². The molecule has 1 unspecified atom stereocenters. The second-order valence-corrected chi connectivity index (χ2v) is 6.74. The van der Waals surface area contributed by atoms with Gasteiger partial charge in [0, 0.05) is 19.6 Å². The average Bonchev–Trinajstić information content (AvgIpc) is 2.40. The molecular formula is C16H31N3O3. The van der Waals surface area contributed by atoms with Gasteiger partial charge in [-0.1, -0.05) is 13.3 Å². The van der Waals surface area contributed by atoms with Crippen molar-refractivity contribution in [1.82, 2.24) is 15.5 Å². The van der Waals surface area contributed by atoms with Crippen molar-refractivity contribution in [3.8, 4) is 0 Å². The van der Waals surface area contributed by atoms with Crippen molar-refractivity contribution in [2.24, 2.45) is 0 Å². The summed E-state index contributed by atoms with van der Waals surface area (Å²) in [6.07, 6.45) is 3.50. The highest BCUT2D eigenvalue weighted by atomic mass is 16.6. The zero-order valence-electron chi connectivity index (χ0n) is 14.4. The van der Waals surface area contributed by atoms with Gasteiger partial charge in [-0.05, 0) is 46.6 Å². The molecule has 22 heavy (non-hydrogen) atoms. The second-order valence-electron chi connectivity index (χ2n) is 6.74. The molecule has 0 aromatic rings. The third-order valence-electron chi connectivity index (χ3n) is 3.62. The number of ether oxygens (including phenoxy) is 1. The monoisotopic (exact) mass is 313 g/mol. The zero-order chi connectivity index (χ0) is 16.6. The third kappa shape index (κ3) is 7.11. The lowest BCUT2D eigenvalue weighted by Gasteiger charge is -2.34. The van der Waals surface area contributed by atoms with E-state index in [-0.39, 0.29) is 18.0 Å². The fourth-order valence-corrected chi connectivity index (χ4v) is 2.59. The minimum atomic E-state index is -0.450. The summed E-state index contributed by atoms with van der Waals surface area (Å²) < 4.78 is 5.18. The van der Waals surface area contributed by atoms with Gasteiger partial charge in [0.05, 0.1) is 6.04 Å². The van der Waals surface area contributed by atoms with Crippen LogP contribution in [0.2, 0.25) is 0 Å². The van der Waals surface area contributed by atoms with E-state index in [1.165, 1.54) is 0 Å². The smallest absolute Gasteiger partial charge is 0.407 e. The summed E-state index contributed by atoms with van der Waals surface area (Å²) in [5.74, 6) is 0.153. The van der Waals surface area contributed by atoms with Gasteiger partial charge in [-0.25, -0.2) is 4.79 Å². The number of carbonyl (C=O) groups excluding carboxylic acids is 2. The van der Waals surface area contributed by atoms with Gasteiger partial charge in [-0.2, -0.15) is 0 Å². The van der Waals surface area contributed by atoms with Crippen LogP contribution in [0.5, 0.6) is 0 Å². The number of hydrogen-bond donors (Lipinski definition) is 2. The predicted octanol–water partition coefficient (Wildman–Crippen LogP) is 1.89. The quantitative estimate of drug-likeness (QED) is 0.704. The van der Waals surface area contributed by atoms with E-state index in [9.17, 15) is 9.59 Å². The molecule has 0 aromatic carbocycles. The van der Waals surface area contributed by atoms with E-state index in [0.717, 1.165) is 45.3 Å². The number of nitrogens with one attached hydrogen (secondary N) is 2. The number of piperazine rings is 1. The van der Waals surface area contributed by atoms with Gasteiger partial charge in [-0.15, -0.1) is 0 Å². The number of alkyl carbamates (subject to hydrolysis) is 1. The van der Waals surface area contributed by atoms with Crippen LogP contribution < -0.4 is 10.6 Å². The van der Waals surface area contributed by atoms with E-state index >= 15 is 0 Å². The summed E-state index contributed by atoms with van der Waals surface area (Å²) in [4.78, 5) is 25.5. The lowest BCUT2D eigenvalue weighted by atomic mass is 10.1. The number of carbonyl (C=O) groups is 2. The maximum atomic E-state index is 11.7. The van der Waals surface area contributed by atoms with E-state index in [0.29, 0.717) is 6.54 Å². The summed E-state index contributed by atoms with van der Waals surface area (Å²) in [7, 11) is 0. The van der Waals surface area contributed by atoms with Crippen molar-refractivity contribution >= 4 is 12.0 Å². The Labute approximate surface area is 134 Å². The maximum Gasteiger partial charge on any atom is 0.407 e. The molecule has 1 aliphatic heterocycles. The van der Waals surface area contributed by atoms with Gasteiger partial charge in [0.2, 0.25) is 5.91 Å². The van der Waals surface area contributed by atoms with E-state index < -0.39 is 5.60 Å². The number of amides is 2. The minimum absolute atomic E-state index is 0.0219. The summed E-state index contributed by atoms with van der Waals surface area (Å²) >= 11 is 0. The molecule has 1 fully saturated rings. The Morgan fingerprint density at radius 1 is 1.36 bits per heavy atom. The molecule has 0 aliphatic carbocycles. The van der Waals surface area contributed by atoms with Crippen LogP contribution in [0.15, 0.2) is 0 Å². The molecule has 0 spiro atoms. The Balaban J connectivity index is 2.10. The van der Waals surface area contributed by atoms with Gasteiger partial charge in [-0.3, -0.25) is 9.69 Å². The van der Waals surface area contributed by atoms with Crippen LogP contribution in [0, 0.1) is 0 Å². The summed E-state index contributed by atoms with van der Waals surface area (Å²) in [6, 6.07) is 0.0219. The van der Waals surface area contributed by atoms with Crippen molar-refractivity contribution < 1.29 is 14.3 Å². The van der Waals surface area contributed by atoms with Gasteiger partial charge in [0.1, 0.15) is 5.60 Å². The molecule has 1 saturated heterocycles. The Morgan fingerprint density at radius 2 is 2.09 bits per heavy atom. The largest absolute Gasteiger partial charge is 0.444 e. The van der Waals surface area contributed by atoms with E-state index in [2.05, 4.69) is 15.5 Å². The van der Waals surface area contributed by atoms with E-state index in [1.54, 1.807) is 0 Å². The molecule has 6 nitrogen and oxygen atoms in total. The van der Waals surface area contributed by atoms with Gasteiger partial charge < -0.3 is 15.4 Å². The van der Waals surface area contributed by atoms with Crippen LogP contribution >= 0.6 is 0 Å². The molecule has 2 amide bonds. The highest BCUT2D eigenvalue weighted by Gasteiger charge is 2.27. The van der Waals surface area contributed by atoms with Crippen molar-refractivity contribution in [1.29, 1.82) is 0 Å². The number of rotatable bonds is 7. The molecule has 128 valence electrons. The molecular weight excluding hydrogens is 282 g/mol. The first kappa shape index (κ1) is 18.7. The maximum absolute atomic E-state index is 11.7. The number of nitrogens with zero attached hydrogens (tertiary/aromatic N) is 1. The fraction of sp³-hybridized carbons (Fsp3) is 0.875. The SMILES string of the molecule is CCC1C(=O)NCCN1CCCCCNC(=O)OC(C)(C)C. The van der Waals surface area contributed by atoms with Crippen LogP contribution in [-0.2, 0) is 9.53 Å². The lowest BCUT2D eigenvalue weighted by Crippen LogP contribution is -2.55. The van der Waals surface area contributed by atoms with Gasteiger partial charge in [0.25, 0.3) is 0 Å². The van der Waals surface area contributed by atoms with Crippen molar-refractivity contribution in [2.45, 2.75) is 65.0 Å². The fourth-order valence-electron chi connectivity index (χ4n) is 2.59. The van der Waals surface area contributed by atoms with Crippen molar-refractivity contribution in [3.63, 3.8) is 0 Å². The Bertz CT molecular complexity index is 366. The Morgan fingerprint density at radius 3 is 2.73 bits per heavy atom. The Hall–Kier alpha value is -1.30. The molecule has 1 atom stereocenters. The first-order valence-electron chi connectivity index (χ1n) is 8.32. The highest BCUT2D eigenvalue weighted by molar-refractivity contribution is 5.82. The van der Waals surface area contributed by atoms with Crippen molar-refractivity contribution in [3.05, 3.63) is 0 Å². The van der Waals surface area contributed by atoms with Crippen LogP contribution in [0.25, 0.3) is 0 Å². The van der Waals surface area contributed by atoms with Crippen LogP contribution in [-0.4, -0.2) is 54.7 Å². The normalized spacial score (nSPS) is 19.6. The molecule has 0 aromatic heterocycles. The lowest BCUT2D eigenvalue weighted by molar-refractivity contribution is -0.129. The zero-order valence-corrected chi connectivity index (χ0v) is 14.4. The molecule has 0 bridgehead atoms. The minimum Gasteiger partial charge on any atom is -0.444 e. The molecule has 0 saturated carbocycles. The molecule has 1 aliphatic rings. The van der Waals surface area contributed by atoms with Gasteiger partial charge in [0.15, 0.2) is 0 Å². The standard InChI is InChI=1S/C16H31N3O3/c1-5-13-14(20)17-10-12-19(13)11-8-6-7-9-18-15(21)22-16(2,3)4/h13H,5-12H2,1-4H3,(H,17,20)(H,18,21). The highest BCUT2D eigenvalue weighted by Crippen LogP contribution is 2.10. The number of hydrogen-bond acceptors (Lipinski definition) is 4. The summed E-state index contributed by atoms with van der Waals surface area (Å²) in [6.45, 7) is 10.9. The van der Waals surface area contributed by atoms with Gasteiger partial charge >= 0.3 is 6.09 Å². The molecule has 2 N–H and O–H groups in total. The first-order chi connectivity index (χ1) is 10.3. The summed E-state index contributed by atoms with van der Waals surface area (Å²) in [5.41, 5.74) is -0.450. The average molecular weight is 313 g/mol. The predicted molar refractivity (Wildman–Crippen MR) is 86.7 cm³/mol. The molecule has 1 rings (SSSR count). The third-order valence-corrected chi connectivity index (χ3v) is 3.62. The van der Waals surface area contributed by atoms with Crippen LogP contribution in [0.1, 0.15) is 53.4 Å². The van der Waals surface area contributed by atoms with Crippen LogP contribution in [0.3, 0.4) is 0 Å². The first-order valence-corrected chi connectivity index (χ1v) is 8.32. The second kappa shape index (κ2) is 8.98. The number of unbranched alkanes of at least 4 members (excludes halogenated alkanes) is 2. The Kier molecular flexibility index (Phi) is 7.65. The van der Waals surface area contributed by atoms with Crippen molar-refractivity contribution in [2.75, 3.05) is 26.2 Å². The summed E-state index contributed by atoms with van der Waals surface area (Å²) in [5, 5.41) is 5.68.